The van der Waals surface area contributed by atoms with Gasteiger partial charge in [0.05, 0.1) is 6.61 Å². The first kappa shape index (κ1) is 14.3. The molecule has 1 spiro atoms. The molecule has 2 saturated heterocycles. The van der Waals surface area contributed by atoms with Crippen LogP contribution in [0.15, 0.2) is 0 Å². The lowest BCUT2D eigenvalue weighted by Gasteiger charge is -2.35. The molecule has 0 aromatic rings. The van der Waals surface area contributed by atoms with Gasteiger partial charge in [-0.25, -0.2) is 0 Å². The molecule has 0 aromatic heterocycles. The van der Waals surface area contributed by atoms with Crippen LogP contribution in [-0.4, -0.2) is 62.7 Å². The van der Waals surface area contributed by atoms with Gasteiger partial charge in [0.2, 0.25) is 5.91 Å². The summed E-state index contributed by atoms with van der Waals surface area (Å²) in [6.45, 7) is 7.21. The summed E-state index contributed by atoms with van der Waals surface area (Å²) < 4.78 is 5.42. The SMILES string of the molecule is COC[C@H]1CN(C)C[C@@]12CCN(C(=O)C1CC(C)C1)C2. The highest BCUT2D eigenvalue weighted by molar-refractivity contribution is 5.80. The number of amides is 1. The predicted molar refractivity (Wildman–Crippen MR) is 78.4 cm³/mol. The molecular weight excluding hydrogens is 252 g/mol. The van der Waals surface area contributed by atoms with E-state index in [0.717, 1.165) is 58.0 Å². The molecule has 1 saturated carbocycles. The number of carbonyl (C=O) groups is 1. The first-order chi connectivity index (χ1) is 9.54. The van der Waals surface area contributed by atoms with Crippen molar-refractivity contribution >= 4 is 5.91 Å². The molecule has 20 heavy (non-hydrogen) atoms. The fourth-order valence-electron chi connectivity index (χ4n) is 4.64. The number of hydrogen-bond acceptors (Lipinski definition) is 3. The van der Waals surface area contributed by atoms with Crippen LogP contribution in [0.3, 0.4) is 0 Å². The van der Waals surface area contributed by atoms with Gasteiger partial charge in [-0.15, -0.1) is 0 Å². The summed E-state index contributed by atoms with van der Waals surface area (Å²) in [5.74, 6) is 2.07. The van der Waals surface area contributed by atoms with Gasteiger partial charge in [0.1, 0.15) is 0 Å². The smallest absolute Gasteiger partial charge is 0.225 e. The fraction of sp³-hybridized carbons (Fsp3) is 0.938. The lowest BCUT2D eigenvalue weighted by molar-refractivity contribution is -0.139. The number of nitrogens with zero attached hydrogens (tertiary/aromatic N) is 2. The minimum atomic E-state index is 0.287. The van der Waals surface area contributed by atoms with Crippen LogP contribution in [0.4, 0.5) is 0 Å². The highest BCUT2D eigenvalue weighted by atomic mass is 16.5. The summed E-state index contributed by atoms with van der Waals surface area (Å²) in [6, 6.07) is 0. The van der Waals surface area contributed by atoms with E-state index < -0.39 is 0 Å². The maximum Gasteiger partial charge on any atom is 0.225 e. The Labute approximate surface area is 122 Å². The van der Waals surface area contributed by atoms with Gasteiger partial charge in [0.25, 0.3) is 0 Å². The van der Waals surface area contributed by atoms with Crippen molar-refractivity contribution in [1.29, 1.82) is 0 Å². The molecular formula is C16H28N2O2. The van der Waals surface area contributed by atoms with Crippen molar-refractivity contribution in [2.45, 2.75) is 26.2 Å². The lowest BCUT2D eigenvalue weighted by Crippen LogP contribution is -2.43. The Morgan fingerprint density at radius 2 is 2.10 bits per heavy atom. The van der Waals surface area contributed by atoms with Crippen LogP contribution in [-0.2, 0) is 9.53 Å². The predicted octanol–water partition coefficient (Wildman–Crippen LogP) is 1.46. The summed E-state index contributed by atoms with van der Waals surface area (Å²) in [7, 11) is 3.98. The van der Waals surface area contributed by atoms with E-state index in [2.05, 4.69) is 23.8 Å². The molecule has 0 radical (unpaired) electrons. The fourth-order valence-corrected chi connectivity index (χ4v) is 4.64. The molecule has 0 unspecified atom stereocenters. The molecule has 114 valence electrons. The van der Waals surface area contributed by atoms with E-state index in [1.807, 2.05) is 0 Å². The third kappa shape index (κ3) is 2.37. The van der Waals surface area contributed by atoms with Gasteiger partial charge >= 0.3 is 0 Å². The monoisotopic (exact) mass is 280 g/mol. The van der Waals surface area contributed by atoms with Gasteiger partial charge < -0.3 is 14.5 Å². The van der Waals surface area contributed by atoms with Crippen LogP contribution >= 0.6 is 0 Å². The molecule has 3 rings (SSSR count). The Morgan fingerprint density at radius 1 is 1.35 bits per heavy atom. The van der Waals surface area contributed by atoms with E-state index in [4.69, 9.17) is 4.74 Å². The lowest BCUT2D eigenvalue weighted by atomic mass is 9.75. The molecule has 1 aliphatic carbocycles. The standard InChI is InChI=1S/C16H28N2O2/c1-12-6-13(7-12)15(19)18-5-4-16(11-18)10-17(2)8-14(16)9-20-3/h12-14H,4-11H2,1-3H3/t12?,13?,14-,16-/m1/s1. The van der Waals surface area contributed by atoms with Gasteiger partial charge in [-0.05, 0) is 32.2 Å². The Hall–Kier alpha value is -0.610. The number of rotatable bonds is 3. The third-order valence-corrected chi connectivity index (χ3v) is 5.77. The molecule has 0 bridgehead atoms. The summed E-state index contributed by atoms with van der Waals surface area (Å²) in [4.78, 5) is 17.1. The zero-order valence-electron chi connectivity index (χ0n) is 13.1. The molecule has 0 aromatic carbocycles. The molecule has 1 amide bonds. The van der Waals surface area contributed by atoms with Crippen LogP contribution in [0.1, 0.15) is 26.2 Å². The first-order valence-electron chi connectivity index (χ1n) is 8.00. The highest BCUT2D eigenvalue weighted by Crippen LogP contribution is 2.45. The van der Waals surface area contributed by atoms with E-state index in [1.54, 1.807) is 7.11 Å². The second-order valence-corrected chi connectivity index (χ2v) is 7.49. The Balaban J connectivity index is 1.64. The molecule has 2 heterocycles. The Bertz CT molecular complexity index is 381. The Morgan fingerprint density at radius 3 is 2.75 bits per heavy atom. The van der Waals surface area contributed by atoms with E-state index in [-0.39, 0.29) is 5.41 Å². The summed E-state index contributed by atoms with van der Waals surface area (Å²) in [6.07, 6.45) is 3.35. The second kappa shape index (κ2) is 5.30. The van der Waals surface area contributed by atoms with Crippen molar-refractivity contribution in [2.75, 3.05) is 46.9 Å². The van der Waals surface area contributed by atoms with Crippen molar-refractivity contribution in [2.24, 2.45) is 23.2 Å². The topological polar surface area (TPSA) is 32.8 Å². The maximum absolute atomic E-state index is 12.5. The molecule has 3 fully saturated rings. The van der Waals surface area contributed by atoms with Crippen molar-refractivity contribution < 1.29 is 9.53 Å². The summed E-state index contributed by atoms with van der Waals surface area (Å²) in [5, 5.41) is 0. The van der Waals surface area contributed by atoms with Gasteiger partial charge in [0.15, 0.2) is 0 Å². The quantitative estimate of drug-likeness (QED) is 0.784. The summed E-state index contributed by atoms with van der Waals surface area (Å²) >= 11 is 0. The normalized spacial score (nSPS) is 41.4. The van der Waals surface area contributed by atoms with E-state index in [0.29, 0.717) is 17.7 Å². The number of hydrogen-bond donors (Lipinski definition) is 0. The average Bonchev–Trinajstić information content (AvgIpc) is 2.91. The van der Waals surface area contributed by atoms with Crippen LogP contribution in [0, 0.1) is 23.2 Å². The third-order valence-electron chi connectivity index (χ3n) is 5.77. The molecule has 2 atom stereocenters. The number of ether oxygens (including phenoxy) is 1. The zero-order valence-corrected chi connectivity index (χ0v) is 13.1. The first-order valence-corrected chi connectivity index (χ1v) is 8.00. The van der Waals surface area contributed by atoms with E-state index in [9.17, 15) is 4.79 Å². The average molecular weight is 280 g/mol. The molecule has 0 N–H and O–H groups in total. The van der Waals surface area contributed by atoms with Crippen LogP contribution in [0.5, 0.6) is 0 Å². The number of likely N-dealkylation sites (tertiary alicyclic amines) is 2. The molecule has 4 nitrogen and oxygen atoms in total. The van der Waals surface area contributed by atoms with Crippen molar-refractivity contribution in [3.05, 3.63) is 0 Å². The molecule has 3 aliphatic rings. The second-order valence-electron chi connectivity index (χ2n) is 7.49. The number of carbonyl (C=O) groups excluding carboxylic acids is 1. The largest absolute Gasteiger partial charge is 0.384 e. The van der Waals surface area contributed by atoms with Gasteiger partial charge in [-0.1, -0.05) is 6.92 Å². The zero-order chi connectivity index (χ0) is 14.3. The minimum absolute atomic E-state index is 0.287. The van der Waals surface area contributed by atoms with Crippen LogP contribution < -0.4 is 0 Å². The van der Waals surface area contributed by atoms with Crippen LogP contribution in [0.25, 0.3) is 0 Å². The van der Waals surface area contributed by atoms with Crippen molar-refractivity contribution in [1.82, 2.24) is 9.80 Å². The molecule has 2 aliphatic heterocycles. The number of methoxy groups -OCH3 is 1. The van der Waals surface area contributed by atoms with E-state index in [1.165, 1.54) is 0 Å². The van der Waals surface area contributed by atoms with Gasteiger partial charge in [-0.3, -0.25) is 4.79 Å². The van der Waals surface area contributed by atoms with Gasteiger partial charge in [-0.2, -0.15) is 0 Å². The maximum atomic E-state index is 12.5. The highest BCUT2D eigenvalue weighted by Gasteiger charge is 2.51. The van der Waals surface area contributed by atoms with Crippen molar-refractivity contribution in [3.63, 3.8) is 0 Å². The Kier molecular flexibility index (Phi) is 3.80. The summed E-state index contributed by atoms with van der Waals surface area (Å²) in [5.41, 5.74) is 0.287. The molecule has 4 heteroatoms. The van der Waals surface area contributed by atoms with E-state index >= 15 is 0 Å². The van der Waals surface area contributed by atoms with Crippen molar-refractivity contribution in [3.8, 4) is 0 Å². The van der Waals surface area contributed by atoms with Crippen LogP contribution in [0.2, 0.25) is 0 Å². The van der Waals surface area contributed by atoms with Gasteiger partial charge in [0, 0.05) is 50.5 Å². The minimum Gasteiger partial charge on any atom is -0.384 e.